The van der Waals surface area contributed by atoms with Crippen LogP contribution >= 0.6 is 0 Å². The minimum atomic E-state index is 0.0714. The third-order valence-electron chi connectivity index (χ3n) is 4.11. The van der Waals surface area contributed by atoms with Crippen molar-refractivity contribution in [2.45, 2.75) is 45.6 Å². The molecule has 0 saturated heterocycles. The van der Waals surface area contributed by atoms with Gasteiger partial charge in [-0.3, -0.25) is 4.68 Å². The highest BCUT2D eigenvalue weighted by Crippen LogP contribution is 2.33. The zero-order valence-corrected chi connectivity index (χ0v) is 13.2. The van der Waals surface area contributed by atoms with Crippen molar-refractivity contribution in [1.82, 2.24) is 9.78 Å². The van der Waals surface area contributed by atoms with Gasteiger partial charge in [-0.15, -0.1) is 0 Å². The van der Waals surface area contributed by atoms with Crippen LogP contribution in [0.25, 0.3) is 11.3 Å². The first kappa shape index (κ1) is 14.6. The van der Waals surface area contributed by atoms with Gasteiger partial charge in [0.05, 0.1) is 5.69 Å². The molecule has 1 aromatic heterocycles. The highest BCUT2D eigenvalue weighted by atomic mass is 16.5. The molecule has 2 aromatic rings. The molecular formula is C18H21N3O. The van der Waals surface area contributed by atoms with E-state index >= 15 is 0 Å². The van der Waals surface area contributed by atoms with Crippen molar-refractivity contribution in [3.63, 3.8) is 0 Å². The molecule has 22 heavy (non-hydrogen) atoms. The minimum Gasteiger partial charge on any atom is -0.479 e. The van der Waals surface area contributed by atoms with Crippen LogP contribution in [0.4, 0.5) is 0 Å². The number of fused-ring (bicyclic) bond motifs is 1. The van der Waals surface area contributed by atoms with E-state index in [0.717, 1.165) is 29.8 Å². The van der Waals surface area contributed by atoms with E-state index in [-0.39, 0.29) is 6.61 Å². The summed E-state index contributed by atoms with van der Waals surface area (Å²) in [6, 6.07) is 10.3. The fourth-order valence-electron chi connectivity index (χ4n) is 3.13. The van der Waals surface area contributed by atoms with Crippen molar-refractivity contribution < 1.29 is 4.74 Å². The lowest BCUT2D eigenvalue weighted by Gasteiger charge is -2.16. The molecule has 0 unspecified atom stereocenters. The Balaban J connectivity index is 2.03. The van der Waals surface area contributed by atoms with Crippen molar-refractivity contribution in [3.05, 3.63) is 35.5 Å². The summed E-state index contributed by atoms with van der Waals surface area (Å²) in [4.78, 5) is 0. The summed E-state index contributed by atoms with van der Waals surface area (Å²) in [5, 5.41) is 13.5. The monoisotopic (exact) mass is 295 g/mol. The molecule has 0 fully saturated rings. The van der Waals surface area contributed by atoms with E-state index in [9.17, 15) is 0 Å². The smallest absolute Gasteiger partial charge is 0.174 e. The Hall–Kier alpha value is -2.28. The Labute approximate surface area is 131 Å². The zero-order chi connectivity index (χ0) is 15.5. The van der Waals surface area contributed by atoms with Gasteiger partial charge in [0.15, 0.2) is 6.61 Å². The first-order valence-electron chi connectivity index (χ1n) is 7.91. The van der Waals surface area contributed by atoms with Gasteiger partial charge >= 0.3 is 0 Å². The summed E-state index contributed by atoms with van der Waals surface area (Å²) < 4.78 is 7.59. The average molecular weight is 295 g/mol. The van der Waals surface area contributed by atoms with E-state index in [1.807, 2.05) is 24.3 Å². The quantitative estimate of drug-likeness (QED) is 0.859. The lowest BCUT2D eigenvalue weighted by atomic mass is 9.93. The molecular weight excluding hydrogens is 274 g/mol. The Morgan fingerprint density at radius 1 is 1.32 bits per heavy atom. The van der Waals surface area contributed by atoms with Crippen molar-refractivity contribution >= 4 is 0 Å². The predicted octanol–water partition coefficient (Wildman–Crippen LogP) is 3.91. The van der Waals surface area contributed by atoms with E-state index in [2.05, 4.69) is 24.6 Å². The highest BCUT2D eigenvalue weighted by Gasteiger charge is 2.22. The van der Waals surface area contributed by atoms with Crippen molar-refractivity contribution in [1.29, 1.82) is 5.26 Å². The lowest BCUT2D eigenvalue weighted by Crippen LogP contribution is -2.11. The number of benzene rings is 1. The molecule has 0 aliphatic heterocycles. The van der Waals surface area contributed by atoms with Gasteiger partial charge in [-0.2, -0.15) is 10.4 Å². The van der Waals surface area contributed by atoms with Gasteiger partial charge in [-0.05, 0) is 51.7 Å². The van der Waals surface area contributed by atoms with Crippen molar-refractivity contribution in [2.24, 2.45) is 0 Å². The van der Waals surface area contributed by atoms with Crippen LogP contribution in [0.15, 0.2) is 24.3 Å². The molecule has 4 heteroatoms. The van der Waals surface area contributed by atoms with E-state index in [4.69, 9.17) is 15.1 Å². The SMILES string of the molecule is CC(C)n1nc(-c2cccc(OCC#N)c2)c2c1CCCC2. The maximum absolute atomic E-state index is 8.65. The predicted molar refractivity (Wildman–Crippen MR) is 85.8 cm³/mol. The third kappa shape index (κ3) is 2.71. The molecule has 1 heterocycles. The molecule has 0 N–H and O–H groups in total. The van der Waals surface area contributed by atoms with E-state index in [0.29, 0.717) is 6.04 Å². The third-order valence-corrected chi connectivity index (χ3v) is 4.11. The maximum Gasteiger partial charge on any atom is 0.174 e. The van der Waals surface area contributed by atoms with Gasteiger partial charge in [-0.25, -0.2) is 0 Å². The zero-order valence-electron chi connectivity index (χ0n) is 13.2. The highest BCUT2D eigenvalue weighted by molar-refractivity contribution is 5.66. The van der Waals surface area contributed by atoms with E-state index in [1.54, 1.807) is 0 Å². The van der Waals surface area contributed by atoms with Crippen LogP contribution < -0.4 is 4.74 Å². The standard InChI is InChI=1S/C18H21N3O/c1-13(2)21-17-9-4-3-8-16(17)18(20-21)14-6-5-7-15(12-14)22-11-10-19/h5-7,12-13H,3-4,8-9,11H2,1-2H3. The molecule has 114 valence electrons. The van der Waals surface area contributed by atoms with Crippen LogP contribution in [-0.2, 0) is 12.8 Å². The van der Waals surface area contributed by atoms with Gasteiger partial charge in [0, 0.05) is 22.9 Å². The normalized spacial score (nSPS) is 13.7. The first-order chi connectivity index (χ1) is 10.7. The molecule has 0 radical (unpaired) electrons. The van der Waals surface area contributed by atoms with Crippen LogP contribution in [-0.4, -0.2) is 16.4 Å². The molecule has 0 bridgehead atoms. The topological polar surface area (TPSA) is 50.8 Å². The van der Waals surface area contributed by atoms with Gasteiger partial charge in [0.2, 0.25) is 0 Å². The molecule has 0 spiro atoms. The summed E-state index contributed by atoms with van der Waals surface area (Å²) in [7, 11) is 0. The van der Waals surface area contributed by atoms with Gasteiger partial charge in [-0.1, -0.05) is 12.1 Å². The number of nitrogens with zero attached hydrogens (tertiary/aromatic N) is 3. The molecule has 0 atom stereocenters. The molecule has 4 nitrogen and oxygen atoms in total. The fraction of sp³-hybridized carbons (Fsp3) is 0.444. The molecule has 1 aromatic carbocycles. The molecule has 3 rings (SSSR count). The molecule has 1 aliphatic carbocycles. The Bertz CT molecular complexity index is 710. The second-order valence-electron chi connectivity index (χ2n) is 5.99. The van der Waals surface area contributed by atoms with Crippen molar-refractivity contribution in [2.75, 3.05) is 6.61 Å². The first-order valence-corrected chi connectivity index (χ1v) is 7.91. The summed E-state index contributed by atoms with van der Waals surface area (Å²) in [5.41, 5.74) is 4.93. The van der Waals surface area contributed by atoms with E-state index < -0.39 is 0 Å². The Kier molecular flexibility index (Phi) is 4.15. The molecule has 0 amide bonds. The summed E-state index contributed by atoms with van der Waals surface area (Å²) in [5.74, 6) is 0.725. The number of rotatable bonds is 4. The summed E-state index contributed by atoms with van der Waals surface area (Å²) >= 11 is 0. The summed E-state index contributed by atoms with van der Waals surface area (Å²) in [6.45, 7) is 4.43. The van der Waals surface area contributed by atoms with Crippen LogP contribution in [0.5, 0.6) is 5.75 Å². The van der Waals surface area contributed by atoms with E-state index in [1.165, 1.54) is 24.1 Å². The van der Waals surface area contributed by atoms with Crippen LogP contribution in [0.1, 0.15) is 44.0 Å². The minimum absolute atomic E-state index is 0.0714. The Morgan fingerprint density at radius 2 is 2.14 bits per heavy atom. The Morgan fingerprint density at radius 3 is 2.91 bits per heavy atom. The number of hydrogen-bond donors (Lipinski definition) is 0. The fourth-order valence-corrected chi connectivity index (χ4v) is 3.13. The summed E-state index contributed by atoms with van der Waals surface area (Å²) in [6.07, 6.45) is 4.69. The van der Waals surface area contributed by atoms with Crippen LogP contribution in [0.2, 0.25) is 0 Å². The maximum atomic E-state index is 8.65. The average Bonchev–Trinajstić information content (AvgIpc) is 2.93. The second kappa shape index (κ2) is 6.23. The number of aromatic nitrogens is 2. The number of ether oxygens (including phenoxy) is 1. The van der Waals surface area contributed by atoms with Crippen LogP contribution in [0.3, 0.4) is 0 Å². The second-order valence-corrected chi connectivity index (χ2v) is 5.99. The number of nitriles is 1. The van der Waals surface area contributed by atoms with Gasteiger partial charge in [0.1, 0.15) is 11.8 Å². The molecule has 1 aliphatic rings. The molecule has 0 saturated carbocycles. The van der Waals surface area contributed by atoms with Gasteiger partial charge in [0.25, 0.3) is 0 Å². The largest absolute Gasteiger partial charge is 0.479 e. The lowest BCUT2D eigenvalue weighted by molar-refractivity contribution is 0.368. The van der Waals surface area contributed by atoms with Crippen molar-refractivity contribution in [3.8, 4) is 23.1 Å². The van der Waals surface area contributed by atoms with Gasteiger partial charge < -0.3 is 4.74 Å². The van der Waals surface area contributed by atoms with Crippen LogP contribution in [0, 0.1) is 11.3 Å². The number of hydrogen-bond acceptors (Lipinski definition) is 3.